The molecule has 0 spiro atoms. The molecule has 10 heteroatoms. The number of ether oxygens (including phenoxy) is 2. The Morgan fingerprint density at radius 1 is 1.29 bits per heavy atom. The van der Waals surface area contributed by atoms with Gasteiger partial charge >= 0.3 is 5.97 Å². The van der Waals surface area contributed by atoms with Gasteiger partial charge in [-0.05, 0) is 50.2 Å². The molecule has 2 aromatic carbocycles. The van der Waals surface area contributed by atoms with E-state index in [1.54, 1.807) is 43.6 Å². The number of nitrogens with one attached hydrogen (secondary N) is 1. The third-order valence-electron chi connectivity index (χ3n) is 4.09. The largest absolute Gasteiger partial charge is 0.464 e. The minimum absolute atomic E-state index is 0.0409. The van der Waals surface area contributed by atoms with E-state index in [-0.39, 0.29) is 23.8 Å². The highest BCUT2D eigenvalue weighted by molar-refractivity contribution is 7.92. The van der Waals surface area contributed by atoms with Gasteiger partial charge in [-0.15, -0.1) is 11.3 Å². The van der Waals surface area contributed by atoms with Crippen LogP contribution in [0.5, 0.6) is 0 Å². The van der Waals surface area contributed by atoms with Crippen LogP contribution in [-0.2, 0) is 24.3 Å². The lowest BCUT2D eigenvalue weighted by atomic mass is 10.2. The fraction of sp³-hybridized carbons (Fsp3) is 0.238. The van der Waals surface area contributed by atoms with Crippen LogP contribution >= 0.6 is 22.9 Å². The molecule has 0 aliphatic heterocycles. The first-order chi connectivity index (χ1) is 14.8. The number of aromatic nitrogens is 1. The van der Waals surface area contributed by atoms with E-state index < -0.39 is 22.1 Å². The van der Waals surface area contributed by atoms with Gasteiger partial charge < -0.3 is 9.47 Å². The van der Waals surface area contributed by atoms with E-state index in [9.17, 15) is 13.2 Å². The zero-order valence-electron chi connectivity index (χ0n) is 16.7. The number of hydrogen-bond acceptors (Lipinski definition) is 7. The lowest BCUT2D eigenvalue weighted by Gasteiger charge is -2.11. The Balaban J connectivity index is 1.77. The maximum atomic E-state index is 12.9. The molecule has 0 unspecified atom stereocenters. The first-order valence-electron chi connectivity index (χ1n) is 9.23. The summed E-state index contributed by atoms with van der Waals surface area (Å²) in [5, 5.41) is 0.402. The van der Waals surface area contributed by atoms with Crippen LogP contribution in [0.1, 0.15) is 19.4 Å². The van der Waals surface area contributed by atoms with Crippen molar-refractivity contribution in [2.24, 2.45) is 0 Å². The number of carbonyl (C=O) groups excluding carboxylic acids is 1. The third-order valence-corrected chi connectivity index (χ3v) is 6.48. The second-order valence-corrected chi connectivity index (χ2v) is 9.29. The summed E-state index contributed by atoms with van der Waals surface area (Å²) in [5.74, 6) is 5.12. The van der Waals surface area contributed by atoms with Crippen molar-refractivity contribution in [3.8, 4) is 11.8 Å². The summed E-state index contributed by atoms with van der Waals surface area (Å²) in [6, 6.07) is 9.38. The molecule has 3 aromatic rings. The monoisotopic (exact) mass is 478 g/mol. The second kappa shape index (κ2) is 10.1. The van der Waals surface area contributed by atoms with Crippen molar-refractivity contribution in [1.29, 1.82) is 0 Å². The molecule has 1 N–H and O–H groups in total. The third kappa shape index (κ3) is 5.95. The first kappa shape index (κ1) is 23.0. The summed E-state index contributed by atoms with van der Waals surface area (Å²) in [5.41, 5.74) is 3.05. The highest BCUT2D eigenvalue weighted by Gasteiger charge is 2.17. The summed E-state index contributed by atoms with van der Waals surface area (Å²) < 4.78 is 39.3. The van der Waals surface area contributed by atoms with Crippen LogP contribution in [0.15, 0.2) is 46.8 Å². The molecule has 1 aromatic heterocycles. The number of nitrogens with zero attached hydrogens (tertiary/aromatic N) is 1. The lowest BCUT2D eigenvalue weighted by molar-refractivity contribution is -0.154. The normalized spacial score (nSPS) is 12.1. The van der Waals surface area contributed by atoms with Gasteiger partial charge in [0.1, 0.15) is 6.61 Å². The van der Waals surface area contributed by atoms with Crippen LogP contribution in [0.4, 0.5) is 5.69 Å². The van der Waals surface area contributed by atoms with Gasteiger partial charge in [0.2, 0.25) is 0 Å². The van der Waals surface area contributed by atoms with Crippen LogP contribution in [-0.4, -0.2) is 38.7 Å². The van der Waals surface area contributed by atoms with Gasteiger partial charge in [0, 0.05) is 5.02 Å². The average Bonchev–Trinajstić information content (AvgIpc) is 3.21. The average molecular weight is 479 g/mol. The fourth-order valence-corrected chi connectivity index (χ4v) is 4.61. The Labute approximate surface area is 189 Å². The smallest absolute Gasteiger partial charge is 0.334 e. The number of rotatable bonds is 7. The summed E-state index contributed by atoms with van der Waals surface area (Å²) in [6.07, 6.45) is -0.756. The topological polar surface area (TPSA) is 94.6 Å². The van der Waals surface area contributed by atoms with Gasteiger partial charge in [-0.2, -0.15) is 0 Å². The van der Waals surface area contributed by atoms with Crippen LogP contribution in [0.2, 0.25) is 5.02 Å². The Bertz CT molecular complexity index is 1260. The quantitative estimate of drug-likeness (QED) is 0.406. The molecule has 7 nitrogen and oxygen atoms in total. The van der Waals surface area contributed by atoms with Gasteiger partial charge in [0.25, 0.3) is 10.0 Å². The van der Waals surface area contributed by atoms with Gasteiger partial charge in [-0.3, -0.25) is 4.72 Å². The maximum Gasteiger partial charge on any atom is 0.334 e. The van der Waals surface area contributed by atoms with Crippen molar-refractivity contribution in [2.75, 3.05) is 17.9 Å². The predicted molar refractivity (Wildman–Crippen MR) is 121 cm³/mol. The van der Waals surface area contributed by atoms with Gasteiger partial charge in [0.05, 0.1) is 38.5 Å². The molecule has 0 aliphatic rings. The number of thiazole rings is 1. The van der Waals surface area contributed by atoms with Crippen molar-refractivity contribution >= 4 is 54.8 Å². The van der Waals surface area contributed by atoms with E-state index in [0.717, 1.165) is 10.2 Å². The number of sulfonamides is 1. The van der Waals surface area contributed by atoms with E-state index in [4.69, 9.17) is 21.1 Å². The summed E-state index contributed by atoms with van der Waals surface area (Å²) >= 11 is 7.41. The number of anilines is 1. The molecule has 31 heavy (non-hydrogen) atoms. The number of esters is 1. The van der Waals surface area contributed by atoms with E-state index in [0.29, 0.717) is 10.6 Å². The zero-order chi connectivity index (χ0) is 22.4. The van der Waals surface area contributed by atoms with Crippen LogP contribution in [0.3, 0.4) is 0 Å². The molecule has 0 saturated heterocycles. The van der Waals surface area contributed by atoms with E-state index in [1.807, 2.05) is 0 Å². The van der Waals surface area contributed by atoms with Crippen molar-refractivity contribution in [3.05, 3.63) is 52.5 Å². The Kier molecular flexibility index (Phi) is 7.51. The molecule has 0 bridgehead atoms. The molecule has 1 atom stereocenters. The summed E-state index contributed by atoms with van der Waals surface area (Å²) in [7, 11) is -3.85. The second-order valence-electron chi connectivity index (χ2n) is 6.28. The van der Waals surface area contributed by atoms with Crippen molar-refractivity contribution in [1.82, 2.24) is 4.98 Å². The lowest BCUT2D eigenvalue weighted by Crippen LogP contribution is -2.23. The van der Waals surface area contributed by atoms with Crippen LogP contribution in [0.25, 0.3) is 10.2 Å². The Hall–Kier alpha value is -2.64. The molecule has 0 fully saturated rings. The molecule has 162 valence electrons. The molecule has 0 radical (unpaired) electrons. The van der Waals surface area contributed by atoms with Crippen molar-refractivity contribution < 1.29 is 22.7 Å². The number of carbonyl (C=O) groups is 1. The molecule has 0 aliphatic carbocycles. The highest BCUT2D eigenvalue weighted by Crippen LogP contribution is 2.26. The van der Waals surface area contributed by atoms with E-state index in [2.05, 4.69) is 21.5 Å². The van der Waals surface area contributed by atoms with Crippen LogP contribution in [0, 0.1) is 11.8 Å². The summed E-state index contributed by atoms with van der Waals surface area (Å²) in [4.78, 5) is 15.8. The van der Waals surface area contributed by atoms with Gasteiger partial charge in [-0.1, -0.05) is 23.4 Å². The standard InChI is InChI=1S/C21H19ClN2O5S2/c1-3-28-21(25)14(2)29-10-4-5-15-11-16(22)6-8-18(15)24-31(26,27)17-7-9-19-20(12-17)30-13-23-19/h6-9,11-14,24H,3,10H2,1-2H3/t14-/m0/s1. The number of fused-ring (bicyclic) bond motifs is 1. The molecule has 3 rings (SSSR count). The molecule has 0 amide bonds. The number of hydrogen-bond donors (Lipinski definition) is 1. The number of benzene rings is 2. The van der Waals surface area contributed by atoms with Crippen LogP contribution < -0.4 is 4.72 Å². The van der Waals surface area contributed by atoms with Crippen molar-refractivity contribution in [2.45, 2.75) is 24.8 Å². The fourth-order valence-electron chi connectivity index (χ4n) is 2.54. The Morgan fingerprint density at radius 2 is 2.10 bits per heavy atom. The highest BCUT2D eigenvalue weighted by atomic mass is 35.5. The molecular weight excluding hydrogens is 460 g/mol. The maximum absolute atomic E-state index is 12.9. The molecule has 0 saturated carbocycles. The first-order valence-corrected chi connectivity index (χ1v) is 12.0. The Morgan fingerprint density at radius 3 is 2.87 bits per heavy atom. The molecular formula is C21H19ClN2O5S2. The zero-order valence-corrected chi connectivity index (χ0v) is 19.1. The molecule has 1 heterocycles. The minimum Gasteiger partial charge on any atom is -0.464 e. The van der Waals surface area contributed by atoms with Gasteiger partial charge in [0.15, 0.2) is 6.10 Å². The van der Waals surface area contributed by atoms with E-state index >= 15 is 0 Å². The van der Waals surface area contributed by atoms with Gasteiger partial charge in [-0.25, -0.2) is 18.2 Å². The van der Waals surface area contributed by atoms with E-state index in [1.165, 1.54) is 23.5 Å². The minimum atomic E-state index is -3.85. The summed E-state index contributed by atoms with van der Waals surface area (Å²) in [6.45, 7) is 3.50. The predicted octanol–water partition coefficient (Wildman–Crippen LogP) is 4.07. The SMILES string of the molecule is CCOC(=O)[C@H](C)OCC#Cc1cc(Cl)ccc1NS(=O)(=O)c1ccc2ncsc2c1. The number of halogens is 1. The van der Waals surface area contributed by atoms with Crippen molar-refractivity contribution in [3.63, 3.8) is 0 Å².